The van der Waals surface area contributed by atoms with Gasteiger partial charge in [0.1, 0.15) is 10.7 Å². The molecule has 5 nitrogen and oxygen atoms in total. The summed E-state index contributed by atoms with van der Waals surface area (Å²) in [6, 6.07) is 3.45. The largest absolute Gasteiger partial charge is 0.399 e. The van der Waals surface area contributed by atoms with Gasteiger partial charge in [0.2, 0.25) is 10.0 Å². The molecule has 2 rings (SSSR count). The maximum Gasteiger partial charge on any atom is 0.246 e. The Morgan fingerprint density at radius 2 is 2.20 bits per heavy atom. The molecular formula is C13H19FN2O3S. The second-order valence-corrected chi connectivity index (χ2v) is 6.83. The summed E-state index contributed by atoms with van der Waals surface area (Å²) >= 11 is 0. The summed E-state index contributed by atoms with van der Waals surface area (Å²) in [5, 5.41) is 8.87. The lowest BCUT2D eigenvalue weighted by Crippen LogP contribution is -2.36. The van der Waals surface area contributed by atoms with Crippen molar-refractivity contribution >= 4 is 15.7 Å². The molecule has 1 heterocycles. The number of hydrogen-bond acceptors (Lipinski definition) is 4. The van der Waals surface area contributed by atoms with Crippen LogP contribution in [0, 0.1) is 5.82 Å². The van der Waals surface area contributed by atoms with E-state index >= 15 is 0 Å². The number of halogens is 1. The highest BCUT2D eigenvalue weighted by Gasteiger charge is 2.36. The molecule has 0 bridgehead atoms. The van der Waals surface area contributed by atoms with Crippen LogP contribution in [0.3, 0.4) is 0 Å². The fourth-order valence-corrected chi connectivity index (χ4v) is 4.36. The number of rotatable bonds is 5. The van der Waals surface area contributed by atoms with Crippen LogP contribution in [0.2, 0.25) is 0 Å². The minimum Gasteiger partial charge on any atom is -0.399 e. The van der Waals surface area contributed by atoms with Crippen LogP contribution in [0.15, 0.2) is 23.1 Å². The standard InChI is InChI=1S/C13H19FN2O3S/c14-12-9-10(15)5-6-13(12)20(18,19)16-7-1-3-11(16)4-2-8-17/h5-6,9,11,17H,1-4,7-8,15H2. The first kappa shape index (κ1) is 15.2. The fraction of sp³-hybridized carbons (Fsp3) is 0.538. The molecule has 1 saturated heterocycles. The minimum atomic E-state index is -3.84. The first-order valence-electron chi connectivity index (χ1n) is 6.64. The Balaban J connectivity index is 2.29. The zero-order chi connectivity index (χ0) is 14.8. The van der Waals surface area contributed by atoms with Crippen LogP contribution in [0.1, 0.15) is 25.7 Å². The molecule has 0 aromatic heterocycles. The van der Waals surface area contributed by atoms with E-state index in [1.807, 2.05) is 0 Å². The quantitative estimate of drug-likeness (QED) is 0.804. The van der Waals surface area contributed by atoms with E-state index in [4.69, 9.17) is 10.8 Å². The first-order valence-corrected chi connectivity index (χ1v) is 8.08. The average Bonchev–Trinajstić information content (AvgIpc) is 2.84. The van der Waals surface area contributed by atoms with Crippen LogP contribution in [0.25, 0.3) is 0 Å². The fourth-order valence-electron chi connectivity index (χ4n) is 2.59. The van der Waals surface area contributed by atoms with Gasteiger partial charge in [-0.2, -0.15) is 4.31 Å². The van der Waals surface area contributed by atoms with Crippen LogP contribution >= 0.6 is 0 Å². The maximum absolute atomic E-state index is 13.9. The molecule has 0 saturated carbocycles. The van der Waals surface area contributed by atoms with E-state index in [1.165, 1.54) is 16.4 Å². The molecule has 3 N–H and O–H groups in total. The summed E-state index contributed by atoms with van der Waals surface area (Å²) in [7, 11) is -3.84. The Kier molecular flexibility index (Phi) is 4.62. The van der Waals surface area contributed by atoms with Crippen molar-refractivity contribution in [2.75, 3.05) is 18.9 Å². The van der Waals surface area contributed by atoms with E-state index in [2.05, 4.69) is 0 Å². The summed E-state index contributed by atoms with van der Waals surface area (Å²) in [6.45, 7) is 0.420. The zero-order valence-corrected chi connectivity index (χ0v) is 11.9. The van der Waals surface area contributed by atoms with Crippen molar-refractivity contribution in [3.8, 4) is 0 Å². The van der Waals surface area contributed by atoms with Gasteiger partial charge in [0.15, 0.2) is 0 Å². The van der Waals surface area contributed by atoms with E-state index in [0.29, 0.717) is 19.4 Å². The molecule has 0 amide bonds. The maximum atomic E-state index is 13.9. The molecule has 7 heteroatoms. The van der Waals surface area contributed by atoms with E-state index < -0.39 is 15.8 Å². The van der Waals surface area contributed by atoms with Gasteiger partial charge in [-0.15, -0.1) is 0 Å². The van der Waals surface area contributed by atoms with Crippen molar-refractivity contribution in [3.63, 3.8) is 0 Å². The van der Waals surface area contributed by atoms with E-state index in [-0.39, 0.29) is 23.2 Å². The third-order valence-electron chi connectivity index (χ3n) is 3.56. The van der Waals surface area contributed by atoms with Gasteiger partial charge < -0.3 is 10.8 Å². The highest BCUT2D eigenvalue weighted by atomic mass is 32.2. The monoisotopic (exact) mass is 302 g/mol. The molecule has 1 aliphatic rings. The Bertz CT molecular complexity index is 577. The number of aliphatic hydroxyl groups is 1. The Morgan fingerprint density at radius 1 is 1.45 bits per heavy atom. The van der Waals surface area contributed by atoms with Crippen LogP contribution in [-0.4, -0.2) is 37.0 Å². The molecule has 1 aromatic carbocycles. The number of hydrogen-bond donors (Lipinski definition) is 2. The van der Waals surface area contributed by atoms with Gasteiger partial charge in [0, 0.05) is 24.9 Å². The number of sulfonamides is 1. The van der Waals surface area contributed by atoms with Crippen molar-refractivity contribution in [2.24, 2.45) is 0 Å². The third kappa shape index (κ3) is 2.94. The average molecular weight is 302 g/mol. The van der Waals surface area contributed by atoms with Gasteiger partial charge in [0.05, 0.1) is 0 Å². The zero-order valence-electron chi connectivity index (χ0n) is 11.1. The highest BCUT2D eigenvalue weighted by Crippen LogP contribution is 2.30. The summed E-state index contributed by atoms with van der Waals surface area (Å²) in [6.07, 6.45) is 2.63. The van der Waals surface area contributed by atoms with Crippen LogP contribution in [-0.2, 0) is 10.0 Å². The Labute approximate surface area is 118 Å². The number of benzene rings is 1. The molecule has 1 atom stereocenters. The highest BCUT2D eigenvalue weighted by molar-refractivity contribution is 7.89. The number of aliphatic hydroxyl groups excluding tert-OH is 1. The lowest BCUT2D eigenvalue weighted by molar-refractivity contribution is 0.264. The number of nitrogens with zero attached hydrogens (tertiary/aromatic N) is 1. The second kappa shape index (κ2) is 6.07. The Hall–Kier alpha value is -1.18. The van der Waals surface area contributed by atoms with Gasteiger partial charge in [-0.1, -0.05) is 0 Å². The predicted octanol–water partition coefficient (Wildman–Crippen LogP) is 1.33. The molecule has 1 aromatic rings. The smallest absolute Gasteiger partial charge is 0.246 e. The molecule has 112 valence electrons. The normalized spacial score (nSPS) is 20.4. The topological polar surface area (TPSA) is 83.6 Å². The van der Waals surface area contributed by atoms with Crippen LogP contribution in [0.4, 0.5) is 10.1 Å². The number of nitrogens with two attached hydrogens (primary N) is 1. The molecule has 1 fully saturated rings. The van der Waals surface area contributed by atoms with E-state index in [9.17, 15) is 12.8 Å². The molecular weight excluding hydrogens is 283 g/mol. The van der Waals surface area contributed by atoms with Gasteiger partial charge in [-0.05, 0) is 43.9 Å². The molecule has 0 radical (unpaired) electrons. The molecule has 0 spiro atoms. The van der Waals surface area contributed by atoms with Gasteiger partial charge in [-0.3, -0.25) is 0 Å². The van der Waals surface area contributed by atoms with Crippen molar-refractivity contribution in [3.05, 3.63) is 24.0 Å². The Morgan fingerprint density at radius 3 is 2.85 bits per heavy atom. The third-order valence-corrected chi connectivity index (χ3v) is 5.55. The molecule has 1 aliphatic heterocycles. The summed E-state index contributed by atoms with van der Waals surface area (Å²) < 4.78 is 40.2. The van der Waals surface area contributed by atoms with Gasteiger partial charge in [0.25, 0.3) is 0 Å². The van der Waals surface area contributed by atoms with Crippen molar-refractivity contribution < 1.29 is 17.9 Å². The summed E-state index contributed by atoms with van der Waals surface area (Å²) in [5.74, 6) is -0.821. The van der Waals surface area contributed by atoms with Gasteiger partial charge >= 0.3 is 0 Å². The number of anilines is 1. The first-order chi connectivity index (χ1) is 9.46. The van der Waals surface area contributed by atoms with E-state index in [1.54, 1.807) is 0 Å². The van der Waals surface area contributed by atoms with E-state index in [0.717, 1.165) is 18.9 Å². The van der Waals surface area contributed by atoms with Crippen LogP contribution in [0.5, 0.6) is 0 Å². The SMILES string of the molecule is Nc1ccc(S(=O)(=O)N2CCCC2CCCO)c(F)c1. The molecule has 0 aliphatic carbocycles. The minimum absolute atomic E-state index is 0.0284. The summed E-state index contributed by atoms with van der Waals surface area (Å²) in [5.41, 5.74) is 5.64. The van der Waals surface area contributed by atoms with Crippen LogP contribution < -0.4 is 5.73 Å². The van der Waals surface area contributed by atoms with Crippen molar-refractivity contribution in [1.29, 1.82) is 0 Å². The lowest BCUT2D eigenvalue weighted by Gasteiger charge is -2.24. The predicted molar refractivity (Wildman–Crippen MR) is 74.0 cm³/mol. The van der Waals surface area contributed by atoms with Gasteiger partial charge in [-0.25, -0.2) is 12.8 Å². The number of nitrogen functional groups attached to an aromatic ring is 1. The lowest BCUT2D eigenvalue weighted by atomic mass is 10.1. The summed E-state index contributed by atoms with van der Waals surface area (Å²) in [4.78, 5) is -0.331. The molecule has 1 unspecified atom stereocenters. The van der Waals surface area contributed by atoms with Crippen molar-refractivity contribution in [2.45, 2.75) is 36.6 Å². The second-order valence-electron chi connectivity index (χ2n) is 4.97. The van der Waals surface area contributed by atoms with Crippen molar-refractivity contribution in [1.82, 2.24) is 4.31 Å². The molecule has 20 heavy (non-hydrogen) atoms.